The molecular weight excluding hydrogens is 407 g/mol. The van der Waals surface area contributed by atoms with Crippen molar-refractivity contribution in [3.8, 4) is 5.75 Å². The average Bonchev–Trinajstić information content (AvgIpc) is 2.74. The molecule has 0 aromatic heterocycles. The number of nitrogens with zero attached hydrogens (tertiary/aromatic N) is 1. The van der Waals surface area contributed by atoms with Crippen LogP contribution in [-0.2, 0) is 14.8 Å². The Hall–Kier alpha value is -3.39. The maximum Gasteiger partial charge on any atom is 0.264 e. The molecule has 0 aliphatic carbocycles. The van der Waals surface area contributed by atoms with E-state index in [1.54, 1.807) is 36.4 Å². The van der Waals surface area contributed by atoms with Gasteiger partial charge in [0.1, 0.15) is 18.1 Å². The summed E-state index contributed by atoms with van der Waals surface area (Å²) in [6.45, 7) is 1.32. The van der Waals surface area contributed by atoms with Gasteiger partial charge in [-0.05, 0) is 61.0 Å². The number of nitrogens with one attached hydrogen (secondary N) is 1. The van der Waals surface area contributed by atoms with Gasteiger partial charge in [-0.15, -0.1) is 0 Å². The second kappa shape index (κ2) is 8.96. The largest absolute Gasteiger partial charge is 0.495 e. The normalized spacial score (nSPS) is 11.0. The number of rotatable bonds is 7. The first kappa shape index (κ1) is 21.3. The van der Waals surface area contributed by atoms with Crippen LogP contribution in [0.15, 0.2) is 77.7 Å². The van der Waals surface area contributed by atoms with Gasteiger partial charge in [0.25, 0.3) is 10.0 Å². The van der Waals surface area contributed by atoms with Gasteiger partial charge in [0, 0.05) is 5.69 Å². The molecule has 0 fully saturated rings. The minimum Gasteiger partial charge on any atom is -0.495 e. The molecule has 0 saturated carbocycles. The van der Waals surface area contributed by atoms with Gasteiger partial charge in [-0.1, -0.05) is 24.3 Å². The van der Waals surface area contributed by atoms with E-state index in [9.17, 15) is 17.6 Å². The fourth-order valence-corrected chi connectivity index (χ4v) is 4.32. The minimum atomic E-state index is -4.07. The number of carbonyl (C=O) groups excluding carboxylic acids is 1. The Balaban J connectivity index is 2.01. The first-order chi connectivity index (χ1) is 14.3. The van der Waals surface area contributed by atoms with Gasteiger partial charge in [0.05, 0.1) is 17.7 Å². The monoisotopic (exact) mass is 428 g/mol. The van der Waals surface area contributed by atoms with E-state index in [-0.39, 0.29) is 10.6 Å². The second-order valence-corrected chi connectivity index (χ2v) is 8.42. The predicted molar refractivity (Wildman–Crippen MR) is 114 cm³/mol. The summed E-state index contributed by atoms with van der Waals surface area (Å²) in [7, 11) is -2.63. The molecule has 6 nitrogen and oxygen atoms in total. The highest BCUT2D eigenvalue weighted by Gasteiger charge is 2.29. The van der Waals surface area contributed by atoms with Crippen LogP contribution >= 0.6 is 0 Å². The van der Waals surface area contributed by atoms with Gasteiger partial charge < -0.3 is 10.1 Å². The Bertz CT molecular complexity index is 1130. The quantitative estimate of drug-likeness (QED) is 0.618. The van der Waals surface area contributed by atoms with E-state index < -0.39 is 28.3 Å². The van der Waals surface area contributed by atoms with Crippen LogP contribution in [-0.4, -0.2) is 28.0 Å². The predicted octanol–water partition coefficient (Wildman–Crippen LogP) is 3.98. The molecule has 0 unspecified atom stereocenters. The van der Waals surface area contributed by atoms with E-state index in [1.165, 1.54) is 43.5 Å². The number of methoxy groups -OCH3 is 1. The number of ether oxygens (including phenoxy) is 1. The third-order valence-electron chi connectivity index (χ3n) is 4.35. The van der Waals surface area contributed by atoms with Crippen LogP contribution < -0.4 is 14.4 Å². The molecule has 0 atom stereocenters. The lowest BCUT2D eigenvalue weighted by Gasteiger charge is -2.26. The summed E-state index contributed by atoms with van der Waals surface area (Å²) in [5, 5.41) is 2.59. The molecule has 3 aromatic rings. The maximum absolute atomic E-state index is 13.4. The molecule has 3 rings (SSSR count). The van der Waals surface area contributed by atoms with Crippen molar-refractivity contribution in [1.29, 1.82) is 0 Å². The average molecular weight is 428 g/mol. The number of benzene rings is 3. The molecule has 0 heterocycles. The van der Waals surface area contributed by atoms with Crippen LogP contribution in [0.5, 0.6) is 5.75 Å². The lowest BCUT2D eigenvalue weighted by molar-refractivity contribution is -0.114. The molecule has 0 bridgehead atoms. The summed E-state index contributed by atoms with van der Waals surface area (Å²) >= 11 is 0. The lowest BCUT2D eigenvalue weighted by atomic mass is 10.2. The van der Waals surface area contributed by atoms with Gasteiger partial charge in [-0.25, -0.2) is 12.8 Å². The van der Waals surface area contributed by atoms with Gasteiger partial charge in [-0.3, -0.25) is 9.10 Å². The Labute approximate surface area is 175 Å². The van der Waals surface area contributed by atoms with Crippen molar-refractivity contribution < 1.29 is 22.3 Å². The molecule has 30 heavy (non-hydrogen) atoms. The Morgan fingerprint density at radius 1 is 1.03 bits per heavy atom. The first-order valence-electron chi connectivity index (χ1n) is 9.09. The van der Waals surface area contributed by atoms with E-state index in [0.29, 0.717) is 11.4 Å². The third kappa shape index (κ3) is 4.77. The van der Waals surface area contributed by atoms with Crippen molar-refractivity contribution in [3.05, 3.63) is 84.2 Å². The molecule has 0 spiro atoms. The first-order valence-corrected chi connectivity index (χ1v) is 10.5. The van der Waals surface area contributed by atoms with Crippen LogP contribution in [0.4, 0.5) is 15.8 Å². The number of sulfonamides is 1. The van der Waals surface area contributed by atoms with Gasteiger partial charge in [0.15, 0.2) is 0 Å². The van der Waals surface area contributed by atoms with Crippen LogP contribution in [0.1, 0.15) is 5.56 Å². The summed E-state index contributed by atoms with van der Waals surface area (Å²) in [6, 6.07) is 18.1. The zero-order valence-corrected chi connectivity index (χ0v) is 17.3. The molecule has 1 N–H and O–H groups in total. The van der Waals surface area contributed by atoms with E-state index in [1.807, 2.05) is 6.92 Å². The fourth-order valence-electron chi connectivity index (χ4n) is 2.88. The Morgan fingerprint density at radius 3 is 2.33 bits per heavy atom. The fraction of sp³-hybridized carbons (Fsp3) is 0.136. The number of halogens is 1. The molecule has 3 aromatic carbocycles. The summed E-state index contributed by atoms with van der Waals surface area (Å²) in [4.78, 5) is 12.7. The summed E-state index contributed by atoms with van der Waals surface area (Å²) in [6.07, 6.45) is 0. The zero-order chi connectivity index (χ0) is 21.7. The summed E-state index contributed by atoms with van der Waals surface area (Å²) in [5.41, 5.74) is 1.41. The number of anilines is 2. The standard InChI is InChI=1S/C22H21FN2O4S/c1-16-8-13-21(29-2)20(14-16)25(30(27,28)19-6-4-3-5-7-19)15-22(26)24-18-11-9-17(23)10-12-18/h3-14H,15H2,1-2H3,(H,24,26). The lowest BCUT2D eigenvalue weighted by Crippen LogP contribution is -2.38. The SMILES string of the molecule is COc1ccc(C)cc1N(CC(=O)Nc1ccc(F)cc1)S(=O)(=O)c1ccccc1. The Kier molecular flexibility index (Phi) is 6.37. The van der Waals surface area contributed by atoms with Gasteiger partial charge in [0.2, 0.25) is 5.91 Å². The zero-order valence-electron chi connectivity index (χ0n) is 16.5. The third-order valence-corrected chi connectivity index (χ3v) is 6.12. The molecule has 1 amide bonds. The maximum atomic E-state index is 13.4. The van der Waals surface area contributed by atoms with Crippen molar-refractivity contribution in [2.24, 2.45) is 0 Å². The van der Waals surface area contributed by atoms with Crippen LogP contribution in [0, 0.1) is 12.7 Å². The molecular formula is C22H21FN2O4S. The van der Waals surface area contributed by atoms with Crippen molar-refractivity contribution in [3.63, 3.8) is 0 Å². The van der Waals surface area contributed by atoms with Gasteiger partial charge >= 0.3 is 0 Å². The van der Waals surface area contributed by atoms with Crippen LogP contribution in [0.2, 0.25) is 0 Å². The number of carbonyl (C=O) groups is 1. The molecule has 8 heteroatoms. The highest BCUT2D eigenvalue weighted by molar-refractivity contribution is 7.92. The van der Waals surface area contributed by atoms with Crippen molar-refractivity contribution in [2.45, 2.75) is 11.8 Å². The molecule has 0 aliphatic rings. The van der Waals surface area contributed by atoms with E-state index in [2.05, 4.69) is 5.32 Å². The molecule has 0 saturated heterocycles. The highest BCUT2D eigenvalue weighted by Crippen LogP contribution is 2.33. The molecule has 0 aliphatic heterocycles. The van der Waals surface area contributed by atoms with E-state index in [4.69, 9.17) is 4.74 Å². The van der Waals surface area contributed by atoms with Crippen LogP contribution in [0.3, 0.4) is 0 Å². The van der Waals surface area contributed by atoms with Crippen LogP contribution in [0.25, 0.3) is 0 Å². The Morgan fingerprint density at radius 2 is 1.70 bits per heavy atom. The molecule has 156 valence electrons. The minimum absolute atomic E-state index is 0.0446. The topological polar surface area (TPSA) is 75.7 Å². The molecule has 0 radical (unpaired) electrons. The number of aryl methyl sites for hydroxylation is 1. The number of amides is 1. The van der Waals surface area contributed by atoms with Crippen molar-refractivity contribution >= 4 is 27.3 Å². The highest BCUT2D eigenvalue weighted by atomic mass is 32.2. The summed E-state index contributed by atoms with van der Waals surface area (Å²) < 4.78 is 46.2. The number of hydrogen-bond donors (Lipinski definition) is 1. The van der Waals surface area contributed by atoms with E-state index in [0.717, 1.165) is 9.87 Å². The summed E-state index contributed by atoms with van der Waals surface area (Å²) in [5.74, 6) is -0.704. The van der Waals surface area contributed by atoms with Crippen molar-refractivity contribution in [2.75, 3.05) is 23.3 Å². The smallest absolute Gasteiger partial charge is 0.264 e. The van der Waals surface area contributed by atoms with Crippen molar-refractivity contribution in [1.82, 2.24) is 0 Å². The number of hydrogen-bond acceptors (Lipinski definition) is 4. The van der Waals surface area contributed by atoms with E-state index >= 15 is 0 Å². The second-order valence-electron chi connectivity index (χ2n) is 6.56. The van der Waals surface area contributed by atoms with Gasteiger partial charge in [-0.2, -0.15) is 0 Å².